The van der Waals surface area contributed by atoms with Crippen LogP contribution in [0.3, 0.4) is 0 Å². The van der Waals surface area contributed by atoms with Crippen LogP contribution in [-0.4, -0.2) is 104 Å². The van der Waals surface area contributed by atoms with Crippen LogP contribution in [0.4, 0.5) is 0 Å². The molecule has 0 aliphatic heterocycles. The third-order valence-corrected chi connectivity index (χ3v) is 12.1. The number of phosphoric ester groups is 2. The molecule has 0 bridgehead atoms. The zero-order chi connectivity index (χ0) is 48.9. The van der Waals surface area contributed by atoms with Gasteiger partial charge in [-0.05, 0) is 83.0 Å². The fraction of sp³-hybridized carbons (Fsp3) is 0.708. The van der Waals surface area contributed by atoms with Crippen molar-refractivity contribution in [2.75, 3.05) is 26.4 Å². The molecule has 16 nitrogen and oxygen atoms in total. The average Bonchev–Trinajstić information content (AvgIpc) is 3.54. The molecule has 0 spiro atoms. The van der Waals surface area contributed by atoms with Crippen molar-refractivity contribution in [3.8, 4) is 0 Å². The average molecular weight is 977 g/mol. The van der Waals surface area contributed by atoms with E-state index in [2.05, 4.69) is 71.5 Å². The van der Waals surface area contributed by atoms with Crippen molar-refractivity contribution in [1.29, 1.82) is 0 Å². The third-order valence-electron chi connectivity index (χ3n) is 10.6. The summed E-state index contributed by atoms with van der Waals surface area (Å²) in [6.45, 7) is 1.31. The fourth-order valence-corrected chi connectivity index (χ4v) is 8.07. The predicted octanol–water partition coefficient (Wildman–Crippen LogP) is 8.94. The molecule has 0 heterocycles. The summed E-state index contributed by atoms with van der Waals surface area (Å²) in [5, 5.41) is 41.2. The van der Waals surface area contributed by atoms with Gasteiger partial charge in [0.05, 0.1) is 38.1 Å². The number of aliphatic hydroxyl groups is 4. The highest BCUT2D eigenvalue weighted by Crippen LogP contribution is 2.44. The van der Waals surface area contributed by atoms with Gasteiger partial charge in [0.2, 0.25) is 0 Å². The second-order valence-corrected chi connectivity index (χ2v) is 19.3. The van der Waals surface area contributed by atoms with Crippen LogP contribution < -0.4 is 0 Å². The molecule has 1 saturated carbocycles. The molecule has 1 unspecified atom stereocenters. The number of hydrogen-bond acceptors (Lipinski definition) is 13. The van der Waals surface area contributed by atoms with Crippen molar-refractivity contribution in [2.45, 2.75) is 179 Å². The van der Waals surface area contributed by atoms with Gasteiger partial charge in [-0.3, -0.25) is 23.2 Å². The molecule has 0 saturated heterocycles. The molecule has 8 atom stereocenters. The topological polar surface area (TPSA) is 256 Å². The van der Waals surface area contributed by atoms with Crippen molar-refractivity contribution < 1.29 is 76.9 Å². The molecule has 18 heteroatoms. The van der Waals surface area contributed by atoms with Gasteiger partial charge >= 0.3 is 27.6 Å². The van der Waals surface area contributed by atoms with E-state index in [1.165, 1.54) is 19.3 Å². The summed E-state index contributed by atoms with van der Waals surface area (Å²) in [6.07, 6.45) is 35.5. The lowest BCUT2D eigenvalue weighted by Gasteiger charge is -2.20. The Kier molecular flexibility index (Phi) is 35.7. The Bertz CT molecular complexity index is 1560. The lowest BCUT2D eigenvalue weighted by atomic mass is 9.89. The molecule has 0 amide bonds. The lowest BCUT2D eigenvalue weighted by molar-refractivity contribution is -0.161. The first-order chi connectivity index (χ1) is 31.6. The van der Waals surface area contributed by atoms with Gasteiger partial charge in [-0.2, -0.15) is 0 Å². The van der Waals surface area contributed by atoms with E-state index in [0.29, 0.717) is 32.1 Å². The van der Waals surface area contributed by atoms with Crippen LogP contribution in [0, 0.1) is 11.8 Å². The second kappa shape index (κ2) is 38.3. The van der Waals surface area contributed by atoms with Crippen LogP contribution >= 0.6 is 15.6 Å². The van der Waals surface area contributed by atoms with Crippen LogP contribution in [0.5, 0.6) is 0 Å². The minimum atomic E-state index is -4.91. The SMILES string of the molecule is CCCCC/C=C\C/C=C\C/C=C\C/C=C\CCCCCC(=O)OC[C@H](COP(=O)(O)OC[C@@H](O)COP(=O)(O)O)OC(=O)CCC/C=C/C[C@@H]1[C@@H](/C=C/[C@@H](O)CCCCC)[C@H](O)C[C@@H]1O. The standard InChI is InChI=1S/C48H82O16P2/c1-3-5-7-8-9-10-11-12-13-14-15-16-17-18-19-20-21-22-27-31-47(53)60-38-42(39-63-66(58,59)62-37-41(50)36-61-65(55,56)57)64-48(54)32-28-24-23-26-30-43-44(46(52)35-45(43)51)34-33-40(49)29-25-6-4-2/h9-10,12-13,15-16,18-19,23,26,33-34,40-46,49-52H,3-8,11,14,17,20-22,24-25,27-32,35-39H2,1-2H3,(H,58,59)(H2,55,56,57)/b10-9-,13-12-,16-15-,19-18-,26-23+,34-33+/t40-,41-,42+,43+,44+,45-,46+/m0/s1. The van der Waals surface area contributed by atoms with E-state index in [1.54, 1.807) is 12.2 Å². The molecule has 0 aromatic rings. The van der Waals surface area contributed by atoms with Crippen molar-refractivity contribution >= 4 is 27.6 Å². The van der Waals surface area contributed by atoms with E-state index in [-0.39, 0.29) is 31.1 Å². The number of rotatable bonds is 40. The molecule has 0 radical (unpaired) electrons. The van der Waals surface area contributed by atoms with E-state index in [0.717, 1.165) is 64.2 Å². The summed E-state index contributed by atoms with van der Waals surface area (Å²) in [5.41, 5.74) is 0. The Balaban J connectivity index is 2.57. The molecule has 0 aromatic heterocycles. The van der Waals surface area contributed by atoms with Crippen LogP contribution in [0.1, 0.15) is 149 Å². The minimum absolute atomic E-state index is 0.0562. The summed E-state index contributed by atoms with van der Waals surface area (Å²) in [4.78, 5) is 53.0. The second-order valence-electron chi connectivity index (χ2n) is 16.6. The largest absolute Gasteiger partial charge is 0.472 e. The molecule has 7 N–H and O–H groups in total. The van der Waals surface area contributed by atoms with Crippen LogP contribution in [0.25, 0.3) is 0 Å². The Morgan fingerprint density at radius 3 is 1.80 bits per heavy atom. The number of carbonyl (C=O) groups is 2. The molecule has 1 rings (SSSR count). The first kappa shape index (κ1) is 61.5. The van der Waals surface area contributed by atoms with E-state index in [9.17, 15) is 44.0 Å². The maximum absolute atomic E-state index is 12.8. The lowest BCUT2D eigenvalue weighted by Crippen LogP contribution is -2.29. The predicted molar refractivity (Wildman–Crippen MR) is 255 cm³/mol. The van der Waals surface area contributed by atoms with E-state index in [1.807, 2.05) is 12.2 Å². The van der Waals surface area contributed by atoms with Crippen LogP contribution in [0.2, 0.25) is 0 Å². The number of unbranched alkanes of at least 4 members (excludes halogenated alkanes) is 9. The highest BCUT2D eigenvalue weighted by atomic mass is 31.2. The number of aliphatic hydroxyl groups excluding tert-OH is 4. The fourth-order valence-electron chi connectivity index (χ4n) is 6.91. The molecule has 380 valence electrons. The third kappa shape index (κ3) is 34.7. The molecular weight excluding hydrogens is 894 g/mol. The minimum Gasteiger partial charge on any atom is -0.462 e. The smallest absolute Gasteiger partial charge is 0.462 e. The number of phosphoric acid groups is 2. The zero-order valence-electron chi connectivity index (χ0n) is 39.3. The number of carbonyl (C=O) groups excluding carboxylic acids is 2. The van der Waals surface area contributed by atoms with E-state index < -0.39 is 84.5 Å². The normalized spacial score (nSPS) is 20.7. The van der Waals surface area contributed by atoms with Gasteiger partial charge < -0.3 is 44.6 Å². The zero-order valence-corrected chi connectivity index (χ0v) is 41.1. The van der Waals surface area contributed by atoms with Crippen molar-refractivity contribution in [3.63, 3.8) is 0 Å². The van der Waals surface area contributed by atoms with Gasteiger partial charge in [0.1, 0.15) is 12.7 Å². The quantitative estimate of drug-likeness (QED) is 0.0131. The van der Waals surface area contributed by atoms with Gasteiger partial charge in [0.15, 0.2) is 6.10 Å². The Labute approximate surface area is 393 Å². The summed E-state index contributed by atoms with van der Waals surface area (Å²) in [5.74, 6) is -1.79. The summed E-state index contributed by atoms with van der Waals surface area (Å²) in [6, 6.07) is 0. The van der Waals surface area contributed by atoms with Gasteiger partial charge in [-0.25, -0.2) is 9.13 Å². The van der Waals surface area contributed by atoms with Gasteiger partial charge in [0.25, 0.3) is 0 Å². The number of hydrogen-bond donors (Lipinski definition) is 7. The number of esters is 2. The van der Waals surface area contributed by atoms with Gasteiger partial charge in [-0.1, -0.05) is 125 Å². The van der Waals surface area contributed by atoms with E-state index >= 15 is 0 Å². The molecule has 66 heavy (non-hydrogen) atoms. The van der Waals surface area contributed by atoms with Crippen molar-refractivity contribution in [3.05, 3.63) is 72.9 Å². The molecule has 1 aliphatic carbocycles. The van der Waals surface area contributed by atoms with Gasteiger partial charge in [0, 0.05) is 25.2 Å². The molecular formula is C48H82O16P2. The molecule has 0 aromatic carbocycles. The summed E-state index contributed by atoms with van der Waals surface area (Å²) < 4.78 is 47.8. The number of allylic oxidation sites excluding steroid dienone is 10. The van der Waals surface area contributed by atoms with Crippen LogP contribution in [0.15, 0.2) is 72.9 Å². The van der Waals surface area contributed by atoms with Crippen molar-refractivity contribution in [2.24, 2.45) is 11.8 Å². The molecule has 1 fully saturated rings. The Morgan fingerprint density at radius 2 is 1.17 bits per heavy atom. The van der Waals surface area contributed by atoms with Crippen molar-refractivity contribution in [1.82, 2.24) is 0 Å². The summed E-state index contributed by atoms with van der Waals surface area (Å²) in [7, 11) is -9.80. The Morgan fingerprint density at radius 1 is 0.621 bits per heavy atom. The monoisotopic (exact) mass is 977 g/mol. The highest BCUT2D eigenvalue weighted by Gasteiger charge is 2.39. The first-order valence-electron chi connectivity index (χ1n) is 23.9. The maximum atomic E-state index is 12.8. The maximum Gasteiger partial charge on any atom is 0.472 e. The Hall–Kier alpha value is -2.56. The highest BCUT2D eigenvalue weighted by molar-refractivity contribution is 7.47. The molecule has 1 aliphatic rings. The van der Waals surface area contributed by atoms with E-state index in [4.69, 9.17) is 23.8 Å². The summed E-state index contributed by atoms with van der Waals surface area (Å²) >= 11 is 0. The van der Waals surface area contributed by atoms with Gasteiger partial charge in [-0.15, -0.1) is 0 Å². The number of ether oxygens (including phenoxy) is 2. The first-order valence-corrected chi connectivity index (χ1v) is 26.9. The van der Waals surface area contributed by atoms with Crippen LogP contribution in [-0.2, 0) is 41.8 Å².